The van der Waals surface area contributed by atoms with Crippen LogP contribution in [0.4, 0.5) is 0 Å². The molecule has 2 bridgehead atoms. The van der Waals surface area contributed by atoms with E-state index in [1.165, 1.54) is 19.3 Å². The van der Waals surface area contributed by atoms with Crippen molar-refractivity contribution < 1.29 is 9.59 Å². The monoisotopic (exact) mass is 429 g/mol. The molecule has 5 atom stereocenters. The Labute approximate surface area is 167 Å². The molecule has 2 saturated carbocycles. The molecule has 0 spiro atoms. The van der Waals surface area contributed by atoms with Crippen LogP contribution in [0.5, 0.6) is 0 Å². The van der Waals surface area contributed by atoms with Crippen LogP contribution in [0.2, 0.25) is 9.63 Å². The standard InChI is InChI=1S/C22H39NO2Se/c1-7-9-11-17(23-15(3)24)18(12-10-8-2)26-19-16-13-14-22(6,20(19)25)21(16,4)5/h16-19H,7-14H2,1-6H3,(H,23,24)/t16-,17+,18-,19+,22+/m1/s1. The molecule has 4 heteroatoms. The van der Waals surface area contributed by atoms with Gasteiger partial charge in [-0.3, -0.25) is 0 Å². The van der Waals surface area contributed by atoms with Crippen molar-refractivity contribution in [3.63, 3.8) is 0 Å². The SMILES string of the molecule is CCCC[C@H](NC(C)=O)[C@@H](CCCC)[Se][C@@H]1C(=O)[C@]2(C)CC[C@H]1C2(C)C. The first-order valence-corrected chi connectivity index (χ1v) is 12.6. The first-order valence-electron chi connectivity index (χ1n) is 10.7. The fourth-order valence-electron chi connectivity index (χ4n) is 5.15. The molecule has 2 fully saturated rings. The third-order valence-electron chi connectivity index (χ3n) is 7.34. The number of ketones is 1. The molecule has 0 unspecified atom stereocenters. The average molecular weight is 429 g/mol. The molecule has 2 rings (SSSR count). The maximum absolute atomic E-state index is 13.3. The molecule has 1 N–H and O–H groups in total. The Hall–Kier alpha value is -0.341. The van der Waals surface area contributed by atoms with E-state index >= 15 is 0 Å². The number of hydrogen-bond acceptors (Lipinski definition) is 2. The van der Waals surface area contributed by atoms with Gasteiger partial charge in [0, 0.05) is 0 Å². The van der Waals surface area contributed by atoms with Gasteiger partial charge in [-0.15, -0.1) is 0 Å². The quantitative estimate of drug-likeness (QED) is 0.488. The van der Waals surface area contributed by atoms with Crippen LogP contribution in [0, 0.1) is 16.7 Å². The van der Waals surface area contributed by atoms with Crippen molar-refractivity contribution >= 4 is 26.6 Å². The van der Waals surface area contributed by atoms with Crippen LogP contribution < -0.4 is 5.32 Å². The van der Waals surface area contributed by atoms with Gasteiger partial charge < -0.3 is 0 Å². The zero-order valence-corrected chi connectivity index (χ0v) is 19.4. The van der Waals surface area contributed by atoms with Gasteiger partial charge in [-0.1, -0.05) is 0 Å². The van der Waals surface area contributed by atoms with Crippen molar-refractivity contribution in [1.29, 1.82) is 0 Å². The Kier molecular flexibility index (Phi) is 7.41. The second-order valence-corrected chi connectivity index (χ2v) is 12.2. The van der Waals surface area contributed by atoms with Crippen molar-refractivity contribution in [1.82, 2.24) is 5.32 Å². The summed E-state index contributed by atoms with van der Waals surface area (Å²) in [5, 5.41) is 3.25. The van der Waals surface area contributed by atoms with Crippen molar-refractivity contribution in [3.05, 3.63) is 0 Å². The van der Waals surface area contributed by atoms with E-state index in [0.29, 0.717) is 16.5 Å². The van der Waals surface area contributed by atoms with E-state index in [2.05, 4.69) is 39.9 Å². The summed E-state index contributed by atoms with van der Waals surface area (Å²) >= 11 is 0.271. The zero-order chi connectivity index (χ0) is 19.5. The van der Waals surface area contributed by atoms with Crippen LogP contribution in [-0.4, -0.2) is 32.7 Å². The molecule has 0 aromatic carbocycles. The number of carbonyl (C=O) groups is 2. The third-order valence-corrected chi connectivity index (χ3v) is 11.0. The van der Waals surface area contributed by atoms with Crippen molar-refractivity contribution in [2.45, 2.75) is 109 Å². The van der Waals surface area contributed by atoms with Gasteiger partial charge in [-0.25, -0.2) is 0 Å². The molecule has 2 aliphatic rings. The summed E-state index contributed by atoms with van der Waals surface area (Å²) in [7, 11) is 0. The summed E-state index contributed by atoms with van der Waals surface area (Å²) in [6.45, 7) is 12.9. The van der Waals surface area contributed by atoms with Gasteiger partial charge in [0.2, 0.25) is 0 Å². The minimum absolute atomic E-state index is 0.0787. The van der Waals surface area contributed by atoms with E-state index in [4.69, 9.17) is 0 Å². The first-order chi connectivity index (χ1) is 12.2. The average Bonchev–Trinajstić information content (AvgIpc) is 2.88. The van der Waals surface area contributed by atoms with E-state index in [-0.39, 0.29) is 42.6 Å². The molecule has 0 aromatic heterocycles. The van der Waals surface area contributed by atoms with E-state index in [9.17, 15) is 9.59 Å². The molecule has 0 aromatic rings. The molecular weight excluding hydrogens is 389 g/mol. The van der Waals surface area contributed by atoms with Gasteiger partial charge in [0.15, 0.2) is 0 Å². The predicted molar refractivity (Wildman–Crippen MR) is 110 cm³/mol. The molecule has 2 aliphatic carbocycles. The number of carbonyl (C=O) groups excluding carboxylic acids is 2. The van der Waals surface area contributed by atoms with Crippen LogP contribution in [0.3, 0.4) is 0 Å². The number of Topliss-reactive ketones (excluding diaryl/α,β-unsaturated/α-hetero) is 1. The van der Waals surface area contributed by atoms with Gasteiger partial charge in [0.05, 0.1) is 0 Å². The van der Waals surface area contributed by atoms with Gasteiger partial charge >= 0.3 is 167 Å². The zero-order valence-electron chi connectivity index (χ0n) is 17.7. The number of rotatable bonds is 10. The molecular formula is C22H39NO2Se. The number of amides is 1. The van der Waals surface area contributed by atoms with Gasteiger partial charge in [0.25, 0.3) is 0 Å². The Morgan fingerprint density at radius 2 is 1.81 bits per heavy atom. The van der Waals surface area contributed by atoms with Crippen molar-refractivity contribution in [3.8, 4) is 0 Å². The fourth-order valence-corrected chi connectivity index (χ4v) is 9.61. The first kappa shape index (κ1) is 22.0. The van der Waals surface area contributed by atoms with Crippen LogP contribution >= 0.6 is 0 Å². The van der Waals surface area contributed by atoms with Crippen LogP contribution in [0.15, 0.2) is 0 Å². The van der Waals surface area contributed by atoms with Crippen LogP contribution in [0.1, 0.15) is 92.9 Å². The number of hydrogen-bond donors (Lipinski definition) is 1. The Morgan fingerprint density at radius 1 is 1.19 bits per heavy atom. The van der Waals surface area contributed by atoms with E-state index < -0.39 is 0 Å². The summed E-state index contributed by atoms with van der Waals surface area (Å²) < 4.78 is 0. The molecule has 150 valence electrons. The second kappa shape index (κ2) is 8.78. The molecule has 0 heterocycles. The minimum atomic E-state index is -0.119. The number of nitrogens with one attached hydrogen (secondary N) is 1. The summed E-state index contributed by atoms with van der Waals surface area (Å²) in [6.07, 6.45) is 9.16. The van der Waals surface area contributed by atoms with Gasteiger partial charge in [-0.05, 0) is 0 Å². The van der Waals surface area contributed by atoms with E-state index in [1.54, 1.807) is 6.92 Å². The Balaban J connectivity index is 2.18. The van der Waals surface area contributed by atoms with Gasteiger partial charge in [0.1, 0.15) is 0 Å². The molecule has 1 amide bonds. The van der Waals surface area contributed by atoms with E-state index in [0.717, 1.165) is 32.1 Å². The van der Waals surface area contributed by atoms with Crippen molar-refractivity contribution in [2.75, 3.05) is 0 Å². The summed E-state index contributed by atoms with van der Waals surface area (Å²) in [5.74, 6) is 1.17. The fraction of sp³-hybridized carbons (Fsp3) is 0.909. The molecule has 26 heavy (non-hydrogen) atoms. The molecule has 0 radical (unpaired) electrons. The molecule has 0 saturated heterocycles. The van der Waals surface area contributed by atoms with Crippen molar-refractivity contribution in [2.24, 2.45) is 16.7 Å². The Bertz CT molecular complexity index is 518. The summed E-state index contributed by atoms with van der Waals surface area (Å²) in [4.78, 5) is 25.9. The van der Waals surface area contributed by atoms with E-state index in [1.807, 2.05) is 0 Å². The maximum atomic E-state index is 13.3. The predicted octanol–water partition coefficient (Wildman–Crippen LogP) is 5.18. The summed E-state index contributed by atoms with van der Waals surface area (Å²) in [6, 6.07) is 0.252. The Morgan fingerprint density at radius 3 is 2.31 bits per heavy atom. The van der Waals surface area contributed by atoms with Crippen LogP contribution in [-0.2, 0) is 9.59 Å². The number of unbranched alkanes of at least 4 members (excludes halogenated alkanes) is 2. The van der Waals surface area contributed by atoms with Gasteiger partial charge in [-0.2, -0.15) is 0 Å². The third kappa shape index (κ3) is 4.07. The normalized spacial score (nSPS) is 31.8. The molecule has 3 nitrogen and oxygen atoms in total. The number of fused-ring (bicyclic) bond motifs is 2. The molecule has 0 aliphatic heterocycles. The summed E-state index contributed by atoms with van der Waals surface area (Å²) in [5.41, 5.74) is 0.0189. The second-order valence-electron chi connectivity index (χ2n) is 9.25. The van der Waals surface area contributed by atoms with Crippen LogP contribution in [0.25, 0.3) is 0 Å². The topological polar surface area (TPSA) is 46.2 Å².